The number of anilines is 1. The molecule has 0 bridgehead atoms. The molecule has 1 unspecified atom stereocenters. The van der Waals surface area contributed by atoms with E-state index in [2.05, 4.69) is 74.5 Å². The SMILES string of the molecule is CNC(=O)O[C@H]1CCC[C@@H]1C(Cn1cccc1)(c1ccccc1)C1CCN(CC2CN(c3ccc(S(=O)(=O)c4ccc(OC=O)cc4)cc3)C2)CC1. The predicted molar refractivity (Wildman–Crippen MR) is 199 cm³/mol. The van der Waals surface area contributed by atoms with E-state index in [1.54, 1.807) is 19.2 Å². The van der Waals surface area contributed by atoms with Gasteiger partial charge < -0.3 is 29.2 Å². The van der Waals surface area contributed by atoms with E-state index in [1.807, 2.05) is 12.1 Å². The van der Waals surface area contributed by atoms with Crippen LogP contribution in [0.4, 0.5) is 10.5 Å². The van der Waals surface area contributed by atoms with Gasteiger partial charge in [-0.05, 0) is 117 Å². The monoisotopic (exact) mass is 724 g/mol. The summed E-state index contributed by atoms with van der Waals surface area (Å²) in [5, 5.41) is 2.68. The Hall–Kier alpha value is -4.61. The number of hydrogen-bond acceptors (Lipinski definition) is 8. The molecule has 4 aromatic rings. The Morgan fingerprint density at radius 3 is 2.15 bits per heavy atom. The molecule has 1 saturated carbocycles. The zero-order valence-electron chi connectivity index (χ0n) is 29.7. The van der Waals surface area contributed by atoms with Crippen LogP contribution in [0.3, 0.4) is 0 Å². The third kappa shape index (κ3) is 7.34. The first-order valence-electron chi connectivity index (χ1n) is 18.4. The highest BCUT2D eigenvalue weighted by Crippen LogP contribution is 2.52. The number of nitrogens with zero attached hydrogens (tertiary/aromatic N) is 3. The summed E-state index contributed by atoms with van der Waals surface area (Å²) in [4.78, 5) is 28.4. The summed E-state index contributed by atoms with van der Waals surface area (Å²) in [5.41, 5.74) is 2.18. The second-order valence-corrected chi connectivity index (χ2v) is 16.5. The molecule has 1 N–H and O–H groups in total. The van der Waals surface area contributed by atoms with Crippen LogP contribution < -0.4 is 15.0 Å². The van der Waals surface area contributed by atoms with Crippen LogP contribution >= 0.6 is 0 Å². The molecule has 1 amide bonds. The molecule has 1 aliphatic carbocycles. The van der Waals surface area contributed by atoms with E-state index < -0.39 is 9.84 Å². The molecule has 274 valence electrons. The highest BCUT2D eigenvalue weighted by Gasteiger charge is 2.53. The molecule has 3 heterocycles. The molecule has 52 heavy (non-hydrogen) atoms. The van der Waals surface area contributed by atoms with E-state index in [0.717, 1.165) is 77.1 Å². The van der Waals surface area contributed by atoms with Crippen molar-refractivity contribution in [3.63, 3.8) is 0 Å². The van der Waals surface area contributed by atoms with Gasteiger partial charge in [0, 0.05) is 68.6 Å². The van der Waals surface area contributed by atoms with Gasteiger partial charge >= 0.3 is 6.09 Å². The fraction of sp³-hybridized carbons (Fsp3) is 0.415. The van der Waals surface area contributed by atoms with Gasteiger partial charge in [0.2, 0.25) is 9.84 Å². The van der Waals surface area contributed by atoms with Crippen LogP contribution in [0.15, 0.2) is 113 Å². The zero-order chi connectivity index (χ0) is 36.1. The maximum atomic E-state index is 13.2. The first-order valence-corrected chi connectivity index (χ1v) is 19.9. The van der Waals surface area contributed by atoms with Crippen LogP contribution in [0.25, 0.3) is 0 Å². The molecule has 3 fully saturated rings. The summed E-state index contributed by atoms with van der Waals surface area (Å²) in [5.74, 6) is 1.49. The highest BCUT2D eigenvalue weighted by atomic mass is 32.2. The number of sulfone groups is 1. The molecule has 11 heteroatoms. The largest absolute Gasteiger partial charge is 0.446 e. The summed E-state index contributed by atoms with van der Waals surface area (Å²) in [6.07, 6.45) is 9.00. The van der Waals surface area contributed by atoms with Gasteiger partial charge in [0.1, 0.15) is 11.9 Å². The van der Waals surface area contributed by atoms with Crippen LogP contribution in [0.1, 0.15) is 37.7 Å². The number of piperidine rings is 1. The van der Waals surface area contributed by atoms with Crippen molar-refractivity contribution < 1.29 is 27.5 Å². The first-order chi connectivity index (χ1) is 25.3. The normalized spacial score (nSPS) is 21.2. The second kappa shape index (κ2) is 15.6. The molecule has 10 nitrogen and oxygen atoms in total. The number of likely N-dealkylation sites (tertiary alicyclic amines) is 1. The minimum Gasteiger partial charge on any atom is -0.446 e. The molecule has 7 rings (SSSR count). The number of benzene rings is 3. The molecule has 1 aromatic heterocycles. The fourth-order valence-corrected chi connectivity index (χ4v) is 10.3. The van der Waals surface area contributed by atoms with Crippen molar-refractivity contribution in [1.29, 1.82) is 0 Å². The van der Waals surface area contributed by atoms with Crippen LogP contribution in [-0.4, -0.2) is 76.3 Å². The fourth-order valence-electron chi connectivity index (χ4n) is 9.09. The number of hydrogen-bond donors (Lipinski definition) is 1. The van der Waals surface area contributed by atoms with Crippen molar-refractivity contribution in [2.75, 3.05) is 44.7 Å². The zero-order valence-corrected chi connectivity index (χ0v) is 30.5. The summed E-state index contributed by atoms with van der Waals surface area (Å²) < 4.78 is 39.6. The summed E-state index contributed by atoms with van der Waals surface area (Å²) in [7, 11) is -2.06. The maximum absolute atomic E-state index is 13.2. The smallest absolute Gasteiger partial charge is 0.407 e. The molecule has 0 spiro atoms. The van der Waals surface area contributed by atoms with E-state index in [4.69, 9.17) is 9.47 Å². The Kier molecular flexibility index (Phi) is 10.7. The van der Waals surface area contributed by atoms with Crippen molar-refractivity contribution in [2.24, 2.45) is 17.8 Å². The second-order valence-electron chi connectivity index (χ2n) is 14.5. The number of alkyl carbamates (subject to hydrolysis) is 1. The Labute approximate surface area is 306 Å². The lowest BCUT2D eigenvalue weighted by molar-refractivity contribution is -0.120. The first kappa shape index (κ1) is 35.8. The minimum absolute atomic E-state index is 0.125. The van der Waals surface area contributed by atoms with Gasteiger partial charge in [-0.25, -0.2) is 13.2 Å². The van der Waals surface area contributed by atoms with Crippen molar-refractivity contribution >= 4 is 28.1 Å². The van der Waals surface area contributed by atoms with Crippen LogP contribution in [0.2, 0.25) is 0 Å². The van der Waals surface area contributed by atoms with E-state index in [0.29, 0.717) is 24.1 Å². The predicted octanol–water partition coefficient (Wildman–Crippen LogP) is 6.17. The summed E-state index contributed by atoms with van der Waals surface area (Å²) >= 11 is 0. The number of rotatable bonds is 13. The van der Waals surface area contributed by atoms with Crippen LogP contribution in [0, 0.1) is 17.8 Å². The van der Waals surface area contributed by atoms with Gasteiger partial charge in [-0.1, -0.05) is 30.3 Å². The van der Waals surface area contributed by atoms with Gasteiger partial charge in [-0.3, -0.25) is 4.79 Å². The van der Waals surface area contributed by atoms with Crippen molar-refractivity contribution in [1.82, 2.24) is 14.8 Å². The molecular weight excluding hydrogens is 677 g/mol. The number of ether oxygens (including phenoxy) is 2. The lowest BCUT2D eigenvalue weighted by Crippen LogP contribution is -2.55. The molecule has 3 atom stereocenters. The lowest BCUT2D eigenvalue weighted by Gasteiger charge is -2.51. The number of amides is 1. The number of carbonyl (C=O) groups excluding carboxylic acids is 2. The average Bonchev–Trinajstić information content (AvgIpc) is 3.85. The molecule has 3 aliphatic rings. The van der Waals surface area contributed by atoms with Crippen LogP contribution in [-0.2, 0) is 31.3 Å². The topological polar surface area (TPSA) is 110 Å². The van der Waals surface area contributed by atoms with Gasteiger partial charge in [0.25, 0.3) is 6.47 Å². The van der Waals surface area contributed by atoms with Gasteiger partial charge in [0.05, 0.1) is 9.79 Å². The number of nitrogens with one attached hydrogen (secondary N) is 1. The van der Waals surface area contributed by atoms with Gasteiger partial charge in [0.15, 0.2) is 0 Å². The molecular formula is C41H48N4O6S. The van der Waals surface area contributed by atoms with E-state index >= 15 is 0 Å². The summed E-state index contributed by atoms with van der Waals surface area (Å²) in [6, 6.07) is 28.1. The Balaban J connectivity index is 0.998. The molecule has 0 radical (unpaired) electrons. The Morgan fingerprint density at radius 2 is 1.52 bits per heavy atom. The summed E-state index contributed by atoms with van der Waals surface area (Å²) in [6.45, 7) is 6.15. The lowest BCUT2D eigenvalue weighted by atomic mass is 9.58. The quantitative estimate of drug-likeness (QED) is 0.163. The molecule has 2 aliphatic heterocycles. The van der Waals surface area contributed by atoms with Gasteiger partial charge in [-0.15, -0.1) is 0 Å². The van der Waals surface area contributed by atoms with Crippen molar-refractivity contribution in [2.45, 2.75) is 60.0 Å². The minimum atomic E-state index is -3.69. The average molecular weight is 725 g/mol. The third-order valence-corrected chi connectivity index (χ3v) is 13.4. The Bertz CT molecular complexity index is 1890. The van der Waals surface area contributed by atoms with E-state index in [1.165, 1.54) is 29.8 Å². The number of carbonyl (C=O) groups is 2. The van der Waals surface area contributed by atoms with Crippen molar-refractivity contribution in [3.05, 3.63) is 109 Å². The number of aromatic nitrogens is 1. The highest BCUT2D eigenvalue weighted by molar-refractivity contribution is 7.91. The van der Waals surface area contributed by atoms with Crippen LogP contribution in [0.5, 0.6) is 5.75 Å². The van der Waals surface area contributed by atoms with Gasteiger partial charge in [-0.2, -0.15) is 0 Å². The Morgan fingerprint density at radius 1 is 0.865 bits per heavy atom. The van der Waals surface area contributed by atoms with Crippen molar-refractivity contribution in [3.8, 4) is 5.75 Å². The maximum Gasteiger partial charge on any atom is 0.407 e. The van der Waals surface area contributed by atoms with E-state index in [9.17, 15) is 18.0 Å². The third-order valence-electron chi connectivity index (χ3n) is 11.6. The van der Waals surface area contributed by atoms with E-state index in [-0.39, 0.29) is 33.3 Å². The standard InChI is InChI=1S/C41H48N4O6S/c1-42-40(47)51-39-11-7-10-38(39)41(29-44-22-5-6-23-44,32-8-3-2-4-9-32)33-20-24-43(25-21-33)26-31-27-45(28-31)34-12-16-36(17-13-34)52(48,49)37-18-14-35(15-19-37)50-30-46/h2-6,8-9,12-19,22-23,30-31,33,38-39H,7,10-11,20-21,24-29H2,1H3,(H,42,47)/t38-,39-,41?/m0/s1. The molecule has 2 saturated heterocycles. The molecule has 3 aromatic carbocycles.